The number of nitrogens with zero attached hydrogens (tertiary/aromatic N) is 2. The van der Waals surface area contributed by atoms with Gasteiger partial charge in [-0.15, -0.1) is 16.4 Å². The first-order valence-electron chi connectivity index (χ1n) is 6.23. The van der Waals surface area contributed by atoms with E-state index in [0.29, 0.717) is 9.56 Å². The molecule has 23 heavy (non-hydrogen) atoms. The molecule has 0 saturated heterocycles. The maximum atomic E-state index is 12.1. The van der Waals surface area contributed by atoms with Gasteiger partial charge in [0.05, 0.1) is 4.88 Å². The van der Waals surface area contributed by atoms with Crippen LogP contribution in [0.4, 0.5) is 10.6 Å². The van der Waals surface area contributed by atoms with Gasteiger partial charge in [-0.3, -0.25) is 4.79 Å². The quantitative estimate of drug-likeness (QED) is 0.669. The van der Waals surface area contributed by atoms with E-state index in [9.17, 15) is 14.4 Å². The highest BCUT2D eigenvalue weighted by Gasteiger charge is 2.24. The normalized spacial score (nSPS) is 10.8. The summed E-state index contributed by atoms with van der Waals surface area (Å²) in [6.07, 6.45) is -1.43. The first-order valence-corrected chi connectivity index (χ1v) is 7.05. The molecule has 3 rings (SSSR count). The summed E-state index contributed by atoms with van der Waals surface area (Å²) in [6, 6.07) is 4.41. The number of aromatic nitrogens is 2. The third-order valence-electron chi connectivity index (χ3n) is 2.94. The number of aryl methyl sites for hydroxylation is 1. The van der Waals surface area contributed by atoms with E-state index < -0.39 is 23.7 Å². The van der Waals surface area contributed by atoms with Crippen molar-refractivity contribution in [1.29, 1.82) is 0 Å². The fraction of sp³-hybridized carbons (Fsp3) is 0.0769. The number of carbonyl (C=O) groups excluding carboxylic acids is 1. The maximum Gasteiger partial charge on any atom is 0.432 e. The van der Waals surface area contributed by atoms with Crippen molar-refractivity contribution in [3.8, 4) is 0 Å². The second-order valence-electron chi connectivity index (χ2n) is 4.54. The van der Waals surface area contributed by atoms with Gasteiger partial charge in [0.25, 0.3) is 5.91 Å². The molecule has 0 radical (unpaired) electrons. The number of furan rings is 1. The Hall–Kier alpha value is -3.14. The Labute approximate surface area is 131 Å². The monoisotopic (exact) mass is 335 g/mol. The summed E-state index contributed by atoms with van der Waals surface area (Å²) in [5.74, 6) is -2.46. The highest BCUT2D eigenvalue weighted by Crippen LogP contribution is 2.27. The lowest BCUT2D eigenvalue weighted by molar-refractivity contribution is 0.0665. The number of amides is 1. The largest absolute Gasteiger partial charge is 0.475 e. The second kappa shape index (κ2) is 5.25. The molecule has 0 spiro atoms. The second-order valence-corrected chi connectivity index (χ2v) is 5.83. The van der Waals surface area contributed by atoms with Crippen molar-refractivity contribution in [2.45, 2.75) is 6.92 Å². The molecule has 118 valence electrons. The molecular formula is C13H9N3O6S. The van der Waals surface area contributed by atoms with E-state index in [1.807, 2.05) is 6.92 Å². The summed E-state index contributed by atoms with van der Waals surface area (Å²) < 4.78 is 5.62. The van der Waals surface area contributed by atoms with Gasteiger partial charge < -0.3 is 19.9 Å². The van der Waals surface area contributed by atoms with Crippen LogP contribution in [0.5, 0.6) is 0 Å². The number of fused-ring (bicyclic) bond motifs is 1. The molecule has 10 heteroatoms. The van der Waals surface area contributed by atoms with Crippen LogP contribution in [0.1, 0.15) is 25.1 Å². The van der Waals surface area contributed by atoms with E-state index in [0.717, 1.165) is 10.9 Å². The van der Waals surface area contributed by atoms with Crippen molar-refractivity contribution in [3.63, 3.8) is 0 Å². The summed E-state index contributed by atoms with van der Waals surface area (Å²) in [4.78, 5) is 35.6. The van der Waals surface area contributed by atoms with Crippen LogP contribution in [0.2, 0.25) is 0 Å². The number of rotatable bonds is 3. The highest BCUT2D eigenvalue weighted by molar-refractivity contribution is 7.14. The van der Waals surface area contributed by atoms with Gasteiger partial charge in [-0.2, -0.15) is 4.68 Å². The molecule has 3 aromatic heterocycles. The number of carboxylic acid groups (broad SMARTS) is 2. The molecule has 0 fully saturated rings. The van der Waals surface area contributed by atoms with Gasteiger partial charge in [0, 0.05) is 10.9 Å². The standard InChI is InChI=1S/C13H9N3O6S/c1-5-2-3-8(23-5)11(17)14-10-9-6(16(15-10)13(20)21)4-7(22-9)12(18)19/h2-4H,1H3,(H,18,19)(H,20,21)(H,14,15,17). The van der Waals surface area contributed by atoms with Gasteiger partial charge in [0.2, 0.25) is 5.76 Å². The number of aromatic carboxylic acids is 1. The molecule has 0 aliphatic heterocycles. The molecule has 3 aromatic rings. The maximum absolute atomic E-state index is 12.1. The van der Waals surface area contributed by atoms with Crippen LogP contribution in [0.3, 0.4) is 0 Å². The zero-order valence-corrected chi connectivity index (χ0v) is 12.4. The minimum atomic E-state index is -1.43. The molecule has 3 N–H and O–H groups in total. The molecule has 1 amide bonds. The molecule has 3 heterocycles. The molecule has 0 unspecified atom stereocenters. The van der Waals surface area contributed by atoms with Crippen LogP contribution in [0.15, 0.2) is 22.6 Å². The Morgan fingerprint density at radius 2 is 2.04 bits per heavy atom. The average Bonchev–Trinajstić information content (AvgIpc) is 3.14. The van der Waals surface area contributed by atoms with E-state index in [-0.39, 0.29) is 16.9 Å². The number of nitrogens with one attached hydrogen (secondary N) is 1. The van der Waals surface area contributed by atoms with Crippen LogP contribution in [-0.2, 0) is 0 Å². The number of carbonyl (C=O) groups is 3. The summed E-state index contributed by atoms with van der Waals surface area (Å²) in [6.45, 7) is 1.84. The van der Waals surface area contributed by atoms with Crippen LogP contribution >= 0.6 is 11.3 Å². The van der Waals surface area contributed by atoms with E-state index >= 15 is 0 Å². The minimum Gasteiger partial charge on any atom is -0.475 e. The molecule has 0 bridgehead atoms. The highest BCUT2D eigenvalue weighted by atomic mass is 32.1. The van der Waals surface area contributed by atoms with Crippen molar-refractivity contribution in [1.82, 2.24) is 9.78 Å². The van der Waals surface area contributed by atoms with Crippen molar-refractivity contribution in [2.75, 3.05) is 5.32 Å². The fourth-order valence-electron chi connectivity index (χ4n) is 1.97. The Bertz CT molecular complexity index is 950. The predicted octanol–water partition coefficient (Wildman–Crippen LogP) is 2.48. The van der Waals surface area contributed by atoms with Crippen LogP contribution < -0.4 is 5.32 Å². The minimum absolute atomic E-state index is 0.0624. The van der Waals surface area contributed by atoms with Gasteiger partial charge in [-0.25, -0.2) is 9.59 Å². The lowest BCUT2D eigenvalue weighted by atomic mass is 10.4. The molecule has 0 aromatic carbocycles. The van der Waals surface area contributed by atoms with Crippen molar-refractivity contribution >= 4 is 46.2 Å². The Morgan fingerprint density at radius 1 is 1.30 bits per heavy atom. The van der Waals surface area contributed by atoms with Crippen molar-refractivity contribution in [2.24, 2.45) is 0 Å². The van der Waals surface area contributed by atoms with Crippen LogP contribution in [-0.4, -0.2) is 38.0 Å². The van der Waals surface area contributed by atoms with E-state index in [1.54, 1.807) is 12.1 Å². The van der Waals surface area contributed by atoms with Gasteiger partial charge in [-0.05, 0) is 19.1 Å². The number of hydrogen-bond donors (Lipinski definition) is 3. The third-order valence-corrected chi connectivity index (χ3v) is 3.94. The smallest absolute Gasteiger partial charge is 0.432 e. The lowest BCUT2D eigenvalue weighted by Crippen LogP contribution is -2.13. The summed E-state index contributed by atoms with van der Waals surface area (Å²) in [7, 11) is 0. The number of carboxylic acids is 1. The molecule has 0 saturated carbocycles. The Kier molecular flexibility index (Phi) is 3.37. The van der Waals surface area contributed by atoms with Crippen LogP contribution in [0, 0.1) is 6.92 Å². The van der Waals surface area contributed by atoms with Gasteiger partial charge in [0.15, 0.2) is 11.4 Å². The number of thiophene rings is 1. The molecule has 0 aliphatic rings. The van der Waals surface area contributed by atoms with Crippen LogP contribution in [0.25, 0.3) is 11.1 Å². The van der Waals surface area contributed by atoms with Gasteiger partial charge in [0.1, 0.15) is 5.52 Å². The van der Waals surface area contributed by atoms with Crippen molar-refractivity contribution < 1.29 is 29.0 Å². The van der Waals surface area contributed by atoms with E-state index in [1.165, 1.54) is 11.3 Å². The zero-order valence-electron chi connectivity index (χ0n) is 11.6. The summed E-state index contributed by atoms with van der Waals surface area (Å²) >= 11 is 1.26. The fourth-order valence-corrected chi connectivity index (χ4v) is 2.73. The first kappa shape index (κ1) is 14.8. The molecular weight excluding hydrogens is 326 g/mol. The average molecular weight is 335 g/mol. The zero-order chi connectivity index (χ0) is 16.7. The van der Waals surface area contributed by atoms with E-state index in [4.69, 9.17) is 14.6 Å². The van der Waals surface area contributed by atoms with E-state index in [2.05, 4.69) is 10.4 Å². The van der Waals surface area contributed by atoms with Gasteiger partial charge in [-0.1, -0.05) is 0 Å². The number of hydrogen-bond acceptors (Lipinski definition) is 6. The Balaban J connectivity index is 2.04. The summed E-state index contributed by atoms with van der Waals surface area (Å²) in [5.41, 5.74) is -0.181. The lowest BCUT2D eigenvalue weighted by Gasteiger charge is -1.99. The SMILES string of the molecule is Cc1ccc(C(=O)Nc2nn(C(=O)O)c3cc(C(=O)O)oc23)s1. The topological polar surface area (TPSA) is 135 Å². The van der Waals surface area contributed by atoms with Gasteiger partial charge >= 0.3 is 12.1 Å². The van der Waals surface area contributed by atoms with Crippen molar-refractivity contribution in [3.05, 3.63) is 33.7 Å². The Morgan fingerprint density at radius 3 is 2.61 bits per heavy atom. The third kappa shape index (κ3) is 2.55. The number of anilines is 1. The predicted molar refractivity (Wildman–Crippen MR) is 79.4 cm³/mol. The molecule has 0 aliphatic carbocycles. The molecule has 9 nitrogen and oxygen atoms in total. The summed E-state index contributed by atoms with van der Waals surface area (Å²) in [5, 5.41) is 24.2. The first-order chi connectivity index (χ1) is 10.9. The molecule has 0 atom stereocenters.